The zero-order valence-corrected chi connectivity index (χ0v) is 10.6. The fourth-order valence-corrected chi connectivity index (χ4v) is 2.02. The molecular formula is C15H10F3NO2. The highest BCUT2D eigenvalue weighted by Crippen LogP contribution is 2.31. The Labute approximate surface area is 117 Å². The molecule has 2 aromatic heterocycles. The topological polar surface area (TPSA) is 46.3 Å². The first-order valence-corrected chi connectivity index (χ1v) is 6.15. The number of furan rings is 1. The largest absolute Gasteiger partial charge is 0.458 e. The Hall–Kier alpha value is -2.34. The highest BCUT2D eigenvalue weighted by atomic mass is 19.4. The van der Waals surface area contributed by atoms with Crippen LogP contribution < -0.4 is 0 Å². The van der Waals surface area contributed by atoms with Crippen molar-refractivity contribution in [1.82, 2.24) is 4.98 Å². The van der Waals surface area contributed by atoms with Crippen LogP contribution >= 0.6 is 0 Å². The summed E-state index contributed by atoms with van der Waals surface area (Å²) in [6.45, 7) is 0. The molecular weight excluding hydrogens is 283 g/mol. The zero-order chi connectivity index (χ0) is 15.0. The predicted octanol–water partition coefficient (Wildman–Crippen LogP) is 3.93. The van der Waals surface area contributed by atoms with Crippen LogP contribution in [-0.4, -0.2) is 10.1 Å². The molecule has 0 aliphatic heterocycles. The average molecular weight is 293 g/mol. The highest BCUT2D eigenvalue weighted by molar-refractivity contribution is 5.77. The first kappa shape index (κ1) is 13.6. The van der Waals surface area contributed by atoms with E-state index < -0.39 is 17.8 Å². The van der Waals surface area contributed by atoms with Crippen molar-refractivity contribution in [3.8, 4) is 0 Å². The third-order valence-electron chi connectivity index (χ3n) is 3.11. The van der Waals surface area contributed by atoms with Crippen LogP contribution in [0.3, 0.4) is 0 Å². The molecule has 108 valence electrons. The van der Waals surface area contributed by atoms with E-state index in [0.29, 0.717) is 11.8 Å². The van der Waals surface area contributed by atoms with Crippen molar-refractivity contribution in [2.45, 2.75) is 12.3 Å². The molecule has 0 saturated heterocycles. The van der Waals surface area contributed by atoms with Crippen LogP contribution in [-0.2, 0) is 6.18 Å². The second kappa shape index (κ2) is 4.89. The van der Waals surface area contributed by atoms with E-state index in [1.165, 1.54) is 0 Å². The van der Waals surface area contributed by atoms with Gasteiger partial charge in [-0.3, -0.25) is 4.98 Å². The third kappa shape index (κ3) is 2.62. The van der Waals surface area contributed by atoms with Crippen molar-refractivity contribution in [3.63, 3.8) is 0 Å². The van der Waals surface area contributed by atoms with E-state index >= 15 is 0 Å². The normalized spacial score (nSPS) is 13.5. The Morgan fingerprint density at radius 3 is 2.48 bits per heavy atom. The van der Waals surface area contributed by atoms with Gasteiger partial charge in [-0.2, -0.15) is 13.2 Å². The molecule has 1 atom stereocenters. The molecule has 21 heavy (non-hydrogen) atoms. The summed E-state index contributed by atoms with van der Waals surface area (Å²) in [4.78, 5) is 3.66. The molecule has 3 aromatic rings. The summed E-state index contributed by atoms with van der Waals surface area (Å²) in [6.07, 6.45) is -4.96. The fraction of sp³-hybridized carbons (Fsp3) is 0.133. The number of alkyl halides is 3. The van der Waals surface area contributed by atoms with Crippen LogP contribution in [0, 0.1) is 0 Å². The number of halogens is 3. The Balaban J connectivity index is 1.92. The van der Waals surface area contributed by atoms with Gasteiger partial charge >= 0.3 is 6.18 Å². The molecule has 0 aliphatic rings. The lowest BCUT2D eigenvalue weighted by Crippen LogP contribution is -2.07. The van der Waals surface area contributed by atoms with E-state index in [4.69, 9.17) is 4.42 Å². The first-order valence-electron chi connectivity index (χ1n) is 6.15. The van der Waals surface area contributed by atoms with E-state index in [0.717, 1.165) is 17.5 Å². The van der Waals surface area contributed by atoms with E-state index in [9.17, 15) is 18.3 Å². The van der Waals surface area contributed by atoms with Crippen LogP contribution in [0.25, 0.3) is 11.0 Å². The molecule has 0 spiro atoms. The minimum absolute atomic E-state index is 0.0991. The summed E-state index contributed by atoms with van der Waals surface area (Å²) in [5.74, 6) is 0.239. The van der Waals surface area contributed by atoms with Crippen molar-refractivity contribution < 1.29 is 22.7 Å². The van der Waals surface area contributed by atoms with Crippen molar-refractivity contribution in [2.24, 2.45) is 0 Å². The molecule has 0 amide bonds. The van der Waals surface area contributed by atoms with Gasteiger partial charge in [0.1, 0.15) is 11.3 Å². The standard InChI is InChI=1S/C15H10F3NO2/c16-15(17,18)10-5-6-11(19-8-10)14(20)13-7-9-3-1-2-4-12(9)21-13/h1-8,14,20H. The van der Waals surface area contributed by atoms with E-state index in [1.807, 2.05) is 12.1 Å². The van der Waals surface area contributed by atoms with Gasteiger partial charge in [0, 0.05) is 11.6 Å². The number of aromatic nitrogens is 1. The molecule has 0 fully saturated rings. The van der Waals surface area contributed by atoms with Crippen molar-refractivity contribution in [1.29, 1.82) is 0 Å². The van der Waals surface area contributed by atoms with E-state index in [1.54, 1.807) is 18.2 Å². The lowest BCUT2D eigenvalue weighted by Gasteiger charge is -2.09. The quantitative estimate of drug-likeness (QED) is 0.778. The summed E-state index contributed by atoms with van der Waals surface area (Å²) < 4.78 is 42.9. The van der Waals surface area contributed by atoms with Crippen molar-refractivity contribution >= 4 is 11.0 Å². The predicted molar refractivity (Wildman–Crippen MR) is 69.5 cm³/mol. The minimum atomic E-state index is -4.45. The van der Waals surface area contributed by atoms with Gasteiger partial charge in [0.05, 0.1) is 11.3 Å². The molecule has 0 radical (unpaired) electrons. The van der Waals surface area contributed by atoms with Crippen LogP contribution in [0.15, 0.2) is 53.1 Å². The van der Waals surface area contributed by atoms with Gasteiger partial charge in [-0.1, -0.05) is 18.2 Å². The molecule has 1 N–H and O–H groups in total. The fourth-order valence-electron chi connectivity index (χ4n) is 2.02. The summed E-state index contributed by atoms with van der Waals surface area (Å²) in [7, 11) is 0. The van der Waals surface area contributed by atoms with Crippen molar-refractivity contribution in [2.75, 3.05) is 0 Å². The number of pyridine rings is 1. The summed E-state index contributed by atoms with van der Waals surface area (Å²) >= 11 is 0. The summed E-state index contributed by atoms with van der Waals surface area (Å²) in [5, 5.41) is 11.0. The number of aliphatic hydroxyl groups is 1. The Bertz CT molecular complexity index is 729. The lowest BCUT2D eigenvalue weighted by molar-refractivity contribution is -0.137. The van der Waals surface area contributed by atoms with Gasteiger partial charge < -0.3 is 9.52 Å². The number of hydrogen-bond acceptors (Lipinski definition) is 3. The molecule has 1 aromatic carbocycles. The smallest absolute Gasteiger partial charge is 0.417 e. The number of para-hydroxylation sites is 1. The summed E-state index contributed by atoms with van der Waals surface area (Å²) in [5.41, 5.74) is -0.163. The molecule has 6 heteroatoms. The average Bonchev–Trinajstić information content (AvgIpc) is 2.89. The molecule has 0 aliphatic carbocycles. The highest BCUT2D eigenvalue weighted by Gasteiger charge is 2.31. The number of fused-ring (bicyclic) bond motifs is 1. The van der Waals surface area contributed by atoms with Gasteiger partial charge in [-0.15, -0.1) is 0 Å². The molecule has 2 heterocycles. The van der Waals surface area contributed by atoms with Gasteiger partial charge in [-0.05, 0) is 24.3 Å². The lowest BCUT2D eigenvalue weighted by atomic mass is 10.1. The van der Waals surface area contributed by atoms with Crippen LogP contribution in [0.5, 0.6) is 0 Å². The molecule has 3 rings (SSSR count). The number of benzene rings is 1. The van der Waals surface area contributed by atoms with Crippen LogP contribution in [0.2, 0.25) is 0 Å². The van der Waals surface area contributed by atoms with Crippen molar-refractivity contribution in [3.05, 3.63) is 65.7 Å². The van der Waals surface area contributed by atoms with Gasteiger partial charge in [0.2, 0.25) is 0 Å². The number of rotatable bonds is 2. The number of hydrogen-bond donors (Lipinski definition) is 1. The Morgan fingerprint density at radius 1 is 1.10 bits per heavy atom. The second-order valence-corrected chi connectivity index (χ2v) is 4.56. The SMILES string of the molecule is OC(c1ccc(C(F)(F)F)cn1)c1cc2ccccc2o1. The van der Waals surface area contributed by atoms with Crippen LogP contribution in [0.4, 0.5) is 13.2 Å². The number of aliphatic hydroxyl groups excluding tert-OH is 1. The number of nitrogens with zero attached hydrogens (tertiary/aromatic N) is 1. The maximum atomic E-state index is 12.5. The van der Waals surface area contributed by atoms with E-state index in [2.05, 4.69) is 4.98 Å². The second-order valence-electron chi connectivity index (χ2n) is 4.56. The maximum absolute atomic E-state index is 12.5. The van der Waals surface area contributed by atoms with Crippen LogP contribution in [0.1, 0.15) is 23.1 Å². The minimum Gasteiger partial charge on any atom is -0.458 e. The summed E-state index contributed by atoms with van der Waals surface area (Å²) in [6, 6.07) is 10.8. The zero-order valence-electron chi connectivity index (χ0n) is 10.6. The third-order valence-corrected chi connectivity index (χ3v) is 3.11. The Kier molecular flexibility index (Phi) is 3.17. The monoisotopic (exact) mass is 293 g/mol. The van der Waals surface area contributed by atoms with Gasteiger partial charge in [0.15, 0.2) is 6.10 Å². The van der Waals surface area contributed by atoms with E-state index in [-0.39, 0.29) is 11.5 Å². The molecule has 3 nitrogen and oxygen atoms in total. The molecule has 1 unspecified atom stereocenters. The maximum Gasteiger partial charge on any atom is 0.417 e. The molecule has 0 saturated carbocycles. The Morgan fingerprint density at radius 2 is 1.86 bits per heavy atom. The van der Waals surface area contributed by atoms with Gasteiger partial charge in [0.25, 0.3) is 0 Å². The van der Waals surface area contributed by atoms with Gasteiger partial charge in [-0.25, -0.2) is 0 Å². The first-order chi connectivity index (χ1) is 9.95. The molecule has 0 bridgehead atoms.